The quantitative estimate of drug-likeness (QED) is 0.654. The fourth-order valence-corrected chi connectivity index (χ4v) is 1.99. The average Bonchev–Trinajstić information content (AvgIpc) is 2.34. The standard InChI is InChI=1S/C12H25N3O2/c1-2-3-9-17-10-6-14-11-4-7-15(8-5-11)12(13)16/h11,14H,2-10H2,1H3,(H2,13,16). The van der Waals surface area contributed by atoms with Crippen molar-refractivity contribution in [2.75, 3.05) is 32.8 Å². The zero-order valence-corrected chi connectivity index (χ0v) is 10.8. The molecule has 1 rings (SSSR count). The van der Waals surface area contributed by atoms with E-state index >= 15 is 0 Å². The Morgan fingerprint density at radius 3 is 2.71 bits per heavy atom. The van der Waals surface area contributed by atoms with Gasteiger partial charge in [0.25, 0.3) is 0 Å². The minimum Gasteiger partial charge on any atom is -0.380 e. The maximum Gasteiger partial charge on any atom is 0.314 e. The van der Waals surface area contributed by atoms with Gasteiger partial charge in [-0.05, 0) is 19.3 Å². The zero-order valence-electron chi connectivity index (χ0n) is 10.8. The molecule has 0 aromatic heterocycles. The molecule has 0 saturated carbocycles. The van der Waals surface area contributed by atoms with E-state index in [1.54, 1.807) is 4.90 Å². The Balaban J connectivity index is 1.97. The first kappa shape index (κ1) is 14.3. The van der Waals surface area contributed by atoms with Crippen LogP contribution in [0, 0.1) is 0 Å². The summed E-state index contributed by atoms with van der Waals surface area (Å²) in [4.78, 5) is 12.6. The number of hydrogen-bond donors (Lipinski definition) is 2. The Labute approximate surface area is 104 Å². The normalized spacial score (nSPS) is 17.4. The van der Waals surface area contributed by atoms with Crippen LogP contribution in [-0.2, 0) is 4.74 Å². The number of piperidine rings is 1. The summed E-state index contributed by atoms with van der Waals surface area (Å²) < 4.78 is 5.48. The van der Waals surface area contributed by atoms with Crippen molar-refractivity contribution < 1.29 is 9.53 Å². The van der Waals surface area contributed by atoms with E-state index in [0.29, 0.717) is 6.04 Å². The van der Waals surface area contributed by atoms with Crippen LogP contribution in [0.4, 0.5) is 4.79 Å². The van der Waals surface area contributed by atoms with E-state index in [0.717, 1.165) is 52.1 Å². The van der Waals surface area contributed by atoms with Crippen molar-refractivity contribution >= 4 is 6.03 Å². The molecule has 2 amide bonds. The molecule has 1 saturated heterocycles. The Kier molecular flexibility index (Phi) is 6.96. The van der Waals surface area contributed by atoms with Crippen LogP contribution in [0.1, 0.15) is 32.6 Å². The summed E-state index contributed by atoms with van der Waals surface area (Å²) in [7, 11) is 0. The molecule has 0 aliphatic carbocycles. The molecule has 0 unspecified atom stereocenters. The van der Waals surface area contributed by atoms with Gasteiger partial charge in [-0.25, -0.2) is 4.79 Å². The molecule has 1 heterocycles. The first-order chi connectivity index (χ1) is 8.24. The largest absolute Gasteiger partial charge is 0.380 e. The van der Waals surface area contributed by atoms with Gasteiger partial charge in [-0.3, -0.25) is 0 Å². The van der Waals surface area contributed by atoms with E-state index < -0.39 is 0 Å². The van der Waals surface area contributed by atoms with Gasteiger partial charge in [0.1, 0.15) is 0 Å². The van der Waals surface area contributed by atoms with E-state index in [1.165, 1.54) is 6.42 Å². The smallest absolute Gasteiger partial charge is 0.314 e. The molecule has 0 bridgehead atoms. The Bertz CT molecular complexity index is 216. The highest BCUT2D eigenvalue weighted by molar-refractivity contribution is 5.72. The summed E-state index contributed by atoms with van der Waals surface area (Å²) in [6.07, 6.45) is 4.28. The molecule has 0 spiro atoms. The predicted molar refractivity (Wildman–Crippen MR) is 67.9 cm³/mol. The number of hydrogen-bond acceptors (Lipinski definition) is 3. The van der Waals surface area contributed by atoms with Gasteiger partial charge in [0.15, 0.2) is 0 Å². The summed E-state index contributed by atoms with van der Waals surface area (Å²) in [6.45, 7) is 6.22. The van der Waals surface area contributed by atoms with E-state index in [1.807, 2.05) is 0 Å². The lowest BCUT2D eigenvalue weighted by molar-refractivity contribution is 0.126. The lowest BCUT2D eigenvalue weighted by Gasteiger charge is -2.31. The number of amides is 2. The Morgan fingerprint density at radius 2 is 2.12 bits per heavy atom. The van der Waals surface area contributed by atoms with Crippen molar-refractivity contribution in [2.45, 2.75) is 38.6 Å². The molecule has 1 aliphatic rings. The number of likely N-dealkylation sites (tertiary alicyclic amines) is 1. The molecule has 100 valence electrons. The number of nitrogens with two attached hydrogens (primary N) is 1. The number of primary amides is 1. The van der Waals surface area contributed by atoms with E-state index in [-0.39, 0.29) is 6.03 Å². The highest BCUT2D eigenvalue weighted by Gasteiger charge is 2.20. The molecule has 0 aromatic carbocycles. The summed E-state index contributed by atoms with van der Waals surface area (Å²) in [5, 5.41) is 3.45. The van der Waals surface area contributed by atoms with Crippen LogP contribution in [0.15, 0.2) is 0 Å². The minimum atomic E-state index is -0.300. The molecular formula is C12H25N3O2. The first-order valence-electron chi connectivity index (χ1n) is 6.59. The second-order valence-electron chi connectivity index (χ2n) is 4.52. The van der Waals surface area contributed by atoms with Gasteiger partial charge >= 0.3 is 6.03 Å². The predicted octanol–water partition coefficient (Wildman–Crippen LogP) is 0.936. The summed E-state index contributed by atoms with van der Waals surface area (Å²) >= 11 is 0. The molecule has 1 aliphatic heterocycles. The Hall–Kier alpha value is -0.810. The van der Waals surface area contributed by atoms with Crippen LogP contribution in [-0.4, -0.2) is 49.8 Å². The maximum absolute atomic E-state index is 10.9. The number of ether oxygens (including phenoxy) is 1. The number of nitrogens with one attached hydrogen (secondary N) is 1. The van der Waals surface area contributed by atoms with Crippen molar-refractivity contribution in [3.63, 3.8) is 0 Å². The van der Waals surface area contributed by atoms with Gasteiger partial charge in [0.05, 0.1) is 6.61 Å². The van der Waals surface area contributed by atoms with Crippen LogP contribution in [0.25, 0.3) is 0 Å². The number of rotatable bonds is 7. The van der Waals surface area contributed by atoms with Crippen molar-refractivity contribution in [1.82, 2.24) is 10.2 Å². The molecule has 5 nitrogen and oxygen atoms in total. The monoisotopic (exact) mass is 243 g/mol. The molecule has 5 heteroatoms. The van der Waals surface area contributed by atoms with Gasteiger partial charge in [-0.1, -0.05) is 13.3 Å². The van der Waals surface area contributed by atoms with Gasteiger partial charge < -0.3 is 20.7 Å². The molecule has 0 aromatic rings. The Morgan fingerprint density at radius 1 is 1.41 bits per heavy atom. The minimum absolute atomic E-state index is 0.300. The molecule has 1 fully saturated rings. The second-order valence-corrected chi connectivity index (χ2v) is 4.52. The third-order valence-electron chi connectivity index (χ3n) is 3.13. The topological polar surface area (TPSA) is 67.6 Å². The zero-order chi connectivity index (χ0) is 12.5. The van der Waals surface area contributed by atoms with Crippen molar-refractivity contribution in [2.24, 2.45) is 5.73 Å². The third-order valence-corrected chi connectivity index (χ3v) is 3.13. The van der Waals surface area contributed by atoms with E-state index in [4.69, 9.17) is 10.5 Å². The van der Waals surface area contributed by atoms with Crippen molar-refractivity contribution in [3.8, 4) is 0 Å². The average molecular weight is 243 g/mol. The number of unbranched alkanes of at least 4 members (excludes halogenated alkanes) is 1. The molecule has 17 heavy (non-hydrogen) atoms. The van der Waals surface area contributed by atoms with Gasteiger partial charge in [-0.2, -0.15) is 0 Å². The fraction of sp³-hybridized carbons (Fsp3) is 0.917. The SMILES string of the molecule is CCCCOCCNC1CCN(C(N)=O)CC1. The molecule has 3 N–H and O–H groups in total. The van der Waals surface area contributed by atoms with Crippen LogP contribution < -0.4 is 11.1 Å². The third kappa shape index (κ3) is 5.89. The maximum atomic E-state index is 10.9. The van der Waals surface area contributed by atoms with Crippen molar-refractivity contribution in [1.29, 1.82) is 0 Å². The number of urea groups is 1. The van der Waals surface area contributed by atoms with E-state index in [2.05, 4.69) is 12.2 Å². The molecule has 0 radical (unpaired) electrons. The number of nitrogens with zero attached hydrogens (tertiary/aromatic N) is 1. The van der Waals surface area contributed by atoms with Crippen LogP contribution in [0.2, 0.25) is 0 Å². The van der Waals surface area contributed by atoms with Crippen molar-refractivity contribution in [3.05, 3.63) is 0 Å². The fourth-order valence-electron chi connectivity index (χ4n) is 1.99. The van der Waals surface area contributed by atoms with Crippen LogP contribution >= 0.6 is 0 Å². The van der Waals surface area contributed by atoms with E-state index in [9.17, 15) is 4.79 Å². The van der Waals surface area contributed by atoms with Gasteiger partial charge in [0, 0.05) is 32.3 Å². The highest BCUT2D eigenvalue weighted by atomic mass is 16.5. The lowest BCUT2D eigenvalue weighted by atomic mass is 10.1. The summed E-state index contributed by atoms with van der Waals surface area (Å²) in [5.74, 6) is 0. The second kappa shape index (κ2) is 8.31. The molecular weight excluding hydrogens is 218 g/mol. The first-order valence-corrected chi connectivity index (χ1v) is 6.59. The number of carbonyl (C=O) groups is 1. The molecule has 0 atom stereocenters. The summed E-state index contributed by atoms with van der Waals surface area (Å²) in [5.41, 5.74) is 5.23. The van der Waals surface area contributed by atoms with Gasteiger partial charge in [-0.15, -0.1) is 0 Å². The highest BCUT2D eigenvalue weighted by Crippen LogP contribution is 2.09. The van der Waals surface area contributed by atoms with Gasteiger partial charge in [0.2, 0.25) is 0 Å². The van der Waals surface area contributed by atoms with Crippen LogP contribution in [0.3, 0.4) is 0 Å². The lowest BCUT2D eigenvalue weighted by Crippen LogP contribution is -2.47. The van der Waals surface area contributed by atoms with Crippen LogP contribution in [0.5, 0.6) is 0 Å². The number of carbonyl (C=O) groups excluding carboxylic acids is 1. The summed E-state index contributed by atoms with van der Waals surface area (Å²) in [6, 6.07) is 0.201.